The van der Waals surface area contributed by atoms with Gasteiger partial charge in [0.1, 0.15) is 0 Å². The van der Waals surface area contributed by atoms with Gasteiger partial charge in [-0.3, -0.25) is 9.59 Å². The molecule has 2 amide bonds. The van der Waals surface area contributed by atoms with Crippen LogP contribution < -0.4 is 22.1 Å². The minimum atomic E-state index is -0.307. The highest BCUT2D eigenvalue weighted by atomic mass is 16.2. The molecule has 0 aliphatic heterocycles. The largest absolute Gasteiger partial charge is 0.351 e. The quantitative estimate of drug-likeness (QED) is 0.522. The Hall–Kier alpha value is -1.92. The summed E-state index contributed by atoms with van der Waals surface area (Å²) in [5.74, 6) is -0.613. The summed E-state index contributed by atoms with van der Waals surface area (Å²) in [5, 5.41) is 5.26. The molecule has 0 aromatic heterocycles. The second-order valence-corrected chi connectivity index (χ2v) is 3.63. The van der Waals surface area contributed by atoms with Gasteiger partial charge in [0.2, 0.25) is 0 Å². The number of carbonyl (C=O) groups excluding carboxylic acids is 2. The van der Waals surface area contributed by atoms with E-state index in [-0.39, 0.29) is 11.8 Å². The molecule has 0 atom stereocenters. The fraction of sp³-hybridized carbons (Fsp3) is 0.333. The van der Waals surface area contributed by atoms with Crippen LogP contribution in [0.3, 0.4) is 0 Å². The Labute approximate surface area is 106 Å². The Bertz CT molecular complexity index is 381. The van der Waals surface area contributed by atoms with Gasteiger partial charge in [0, 0.05) is 26.2 Å². The average Bonchev–Trinajstić information content (AvgIpc) is 2.42. The number of hydrogen-bond acceptors (Lipinski definition) is 4. The summed E-state index contributed by atoms with van der Waals surface area (Å²) < 4.78 is 0. The molecule has 1 rings (SSSR count). The summed E-state index contributed by atoms with van der Waals surface area (Å²) in [7, 11) is 0. The van der Waals surface area contributed by atoms with Crippen LogP contribution in [-0.4, -0.2) is 38.0 Å². The number of amides is 2. The molecule has 0 spiro atoms. The molecule has 0 bridgehead atoms. The van der Waals surface area contributed by atoms with E-state index in [4.69, 9.17) is 11.5 Å². The van der Waals surface area contributed by atoms with Crippen molar-refractivity contribution in [2.75, 3.05) is 26.2 Å². The van der Waals surface area contributed by atoms with E-state index in [9.17, 15) is 9.59 Å². The Kier molecular flexibility index (Phi) is 5.83. The van der Waals surface area contributed by atoms with Crippen molar-refractivity contribution in [3.63, 3.8) is 0 Å². The van der Waals surface area contributed by atoms with Gasteiger partial charge in [0.25, 0.3) is 11.8 Å². The van der Waals surface area contributed by atoms with Crippen molar-refractivity contribution in [2.24, 2.45) is 11.5 Å². The van der Waals surface area contributed by atoms with Crippen molar-refractivity contribution in [1.82, 2.24) is 10.6 Å². The van der Waals surface area contributed by atoms with E-state index in [0.717, 1.165) is 0 Å². The van der Waals surface area contributed by atoms with E-state index in [1.807, 2.05) is 0 Å². The lowest BCUT2D eigenvalue weighted by atomic mass is 10.1. The third kappa shape index (κ3) is 3.83. The van der Waals surface area contributed by atoms with Gasteiger partial charge in [-0.1, -0.05) is 12.1 Å². The molecular formula is C12H18N4O2. The second kappa shape index (κ2) is 7.41. The van der Waals surface area contributed by atoms with Crippen LogP contribution in [0.1, 0.15) is 20.7 Å². The highest BCUT2D eigenvalue weighted by Crippen LogP contribution is 2.08. The molecule has 0 aliphatic rings. The zero-order valence-electron chi connectivity index (χ0n) is 10.1. The van der Waals surface area contributed by atoms with Crippen LogP contribution in [0.15, 0.2) is 24.3 Å². The molecule has 98 valence electrons. The lowest BCUT2D eigenvalue weighted by Gasteiger charge is -2.09. The maximum atomic E-state index is 11.8. The molecular weight excluding hydrogens is 232 g/mol. The Morgan fingerprint density at radius 3 is 1.61 bits per heavy atom. The highest BCUT2D eigenvalue weighted by molar-refractivity contribution is 6.07. The molecule has 1 aromatic rings. The predicted octanol–water partition coefficient (Wildman–Crippen LogP) is -0.936. The van der Waals surface area contributed by atoms with E-state index in [1.165, 1.54) is 0 Å². The molecule has 6 heteroatoms. The van der Waals surface area contributed by atoms with Gasteiger partial charge in [-0.05, 0) is 12.1 Å². The maximum absolute atomic E-state index is 11.8. The summed E-state index contributed by atoms with van der Waals surface area (Å²) in [4.78, 5) is 23.7. The molecule has 18 heavy (non-hydrogen) atoms. The topological polar surface area (TPSA) is 110 Å². The molecule has 6 N–H and O–H groups in total. The molecule has 0 radical (unpaired) electrons. The summed E-state index contributed by atoms with van der Waals surface area (Å²) >= 11 is 0. The van der Waals surface area contributed by atoms with Crippen molar-refractivity contribution in [2.45, 2.75) is 0 Å². The van der Waals surface area contributed by atoms with Crippen LogP contribution >= 0.6 is 0 Å². The minimum absolute atomic E-state index is 0.307. The lowest BCUT2D eigenvalue weighted by Crippen LogP contribution is -2.33. The SMILES string of the molecule is NCCNC(=O)c1ccccc1C(=O)NCCN. The van der Waals surface area contributed by atoms with Gasteiger partial charge >= 0.3 is 0 Å². The molecule has 1 aromatic carbocycles. The van der Waals surface area contributed by atoms with Crippen LogP contribution in [0.5, 0.6) is 0 Å². The van der Waals surface area contributed by atoms with E-state index < -0.39 is 0 Å². The molecule has 0 heterocycles. The van der Waals surface area contributed by atoms with Crippen LogP contribution in [0, 0.1) is 0 Å². The monoisotopic (exact) mass is 250 g/mol. The normalized spacial score (nSPS) is 9.89. The Morgan fingerprint density at radius 2 is 1.28 bits per heavy atom. The third-order valence-electron chi connectivity index (χ3n) is 2.28. The zero-order chi connectivity index (χ0) is 13.4. The average molecular weight is 250 g/mol. The second-order valence-electron chi connectivity index (χ2n) is 3.63. The van der Waals surface area contributed by atoms with Crippen LogP contribution in [0.25, 0.3) is 0 Å². The number of nitrogens with two attached hydrogens (primary N) is 2. The molecule has 0 unspecified atom stereocenters. The van der Waals surface area contributed by atoms with Crippen molar-refractivity contribution in [1.29, 1.82) is 0 Å². The number of benzene rings is 1. The predicted molar refractivity (Wildman–Crippen MR) is 69.2 cm³/mol. The summed E-state index contributed by atoms with van der Waals surface area (Å²) in [6.45, 7) is 1.45. The lowest BCUT2D eigenvalue weighted by molar-refractivity contribution is 0.0920. The van der Waals surface area contributed by atoms with Gasteiger partial charge in [0.05, 0.1) is 11.1 Å². The fourth-order valence-electron chi connectivity index (χ4n) is 1.44. The van der Waals surface area contributed by atoms with E-state index in [2.05, 4.69) is 10.6 Å². The van der Waals surface area contributed by atoms with Crippen molar-refractivity contribution >= 4 is 11.8 Å². The standard InChI is InChI=1S/C12H18N4O2/c13-5-7-15-11(17)9-3-1-2-4-10(9)12(18)16-8-6-14/h1-4H,5-8,13-14H2,(H,15,17)(H,16,18). The number of rotatable bonds is 6. The molecule has 6 nitrogen and oxygen atoms in total. The number of carbonyl (C=O) groups is 2. The first-order valence-electron chi connectivity index (χ1n) is 5.76. The Morgan fingerprint density at radius 1 is 0.889 bits per heavy atom. The molecule has 0 saturated heterocycles. The van der Waals surface area contributed by atoms with Crippen LogP contribution in [-0.2, 0) is 0 Å². The minimum Gasteiger partial charge on any atom is -0.351 e. The Balaban J connectivity index is 2.85. The molecule has 0 saturated carbocycles. The fourth-order valence-corrected chi connectivity index (χ4v) is 1.44. The number of nitrogens with one attached hydrogen (secondary N) is 2. The first kappa shape index (κ1) is 14.1. The van der Waals surface area contributed by atoms with Crippen LogP contribution in [0.2, 0.25) is 0 Å². The van der Waals surface area contributed by atoms with Gasteiger partial charge in [0.15, 0.2) is 0 Å². The summed E-state index contributed by atoms with van der Waals surface area (Å²) in [6, 6.07) is 6.61. The van der Waals surface area contributed by atoms with Crippen molar-refractivity contribution < 1.29 is 9.59 Å². The summed E-state index contributed by atoms with van der Waals surface area (Å²) in [6.07, 6.45) is 0. The number of hydrogen-bond donors (Lipinski definition) is 4. The van der Waals surface area contributed by atoms with Gasteiger partial charge in [-0.25, -0.2) is 0 Å². The smallest absolute Gasteiger partial charge is 0.252 e. The summed E-state index contributed by atoms with van der Waals surface area (Å²) in [5.41, 5.74) is 11.3. The van der Waals surface area contributed by atoms with Crippen molar-refractivity contribution in [3.05, 3.63) is 35.4 Å². The third-order valence-corrected chi connectivity index (χ3v) is 2.28. The van der Waals surface area contributed by atoms with Crippen LogP contribution in [0.4, 0.5) is 0 Å². The van der Waals surface area contributed by atoms with Crippen molar-refractivity contribution in [3.8, 4) is 0 Å². The van der Waals surface area contributed by atoms with E-state index in [1.54, 1.807) is 24.3 Å². The zero-order valence-corrected chi connectivity index (χ0v) is 10.1. The highest BCUT2D eigenvalue weighted by Gasteiger charge is 2.15. The van der Waals surface area contributed by atoms with Gasteiger partial charge in [-0.15, -0.1) is 0 Å². The molecule has 0 aliphatic carbocycles. The van der Waals surface area contributed by atoms with E-state index in [0.29, 0.717) is 37.3 Å². The first-order chi connectivity index (χ1) is 8.70. The van der Waals surface area contributed by atoms with E-state index >= 15 is 0 Å². The van der Waals surface area contributed by atoms with Gasteiger partial charge < -0.3 is 22.1 Å². The maximum Gasteiger partial charge on any atom is 0.252 e. The van der Waals surface area contributed by atoms with Gasteiger partial charge in [-0.2, -0.15) is 0 Å². The molecule has 0 fully saturated rings. The first-order valence-corrected chi connectivity index (χ1v) is 5.76.